The Morgan fingerprint density at radius 3 is 1.72 bits per heavy atom. The van der Waals surface area contributed by atoms with E-state index >= 15 is 0 Å². The first-order valence-electron chi connectivity index (χ1n) is 10.5. The average Bonchev–Trinajstić information content (AvgIpc) is 2.79. The summed E-state index contributed by atoms with van der Waals surface area (Å²) in [6, 6.07) is 30.3. The van der Waals surface area contributed by atoms with Crippen molar-refractivity contribution < 1.29 is 9.84 Å². The second kappa shape index (κ2) is 11.5. The third-order valence-corrected chi connectivity index (χ3v) is 5.08. The largest absolute Gasteiger partial charge is 0.389 e. The summed E-state index contributed by atoms with van der Waals surface area (Å²) >= 11 is 0. The molecule has 0 fully saturated rings. The van der Waals surface area contributed by atoms with Crippen molar-refractivity contribution >= 4 is 0 Å². The summed E-state index contributed by atoms with van der Waals surface area (Å²) in [5.41, 5.74) is 3.25. The fraction of sp³-hybridized carbons (Fsp3) is 0.308. The normalized spacial score (nSPS) is 13.3. The van der Waals surface area contributed by atoms with E-state index < -0.39 is 6.10 Å². The highest BCUT2D eigenvalue weighted by Crippen LogP contribution is 2.27. The van der Waals surface area contributed by atoms with Gasteiger partial charge in [-0.15, -0.1) is 0 Å². The fourth-order valence-electron chi connectivity index (χ4n) is 3.50. The highest BCUT2D eigenvalue weighted by molar-refractivity contribution is 5.30. The molecule has 0 amide bonds. The summed E-state index contributed by atoms with van der Waals surface area (Å²) in [5.74, 6) is 0. The Kier molecular flexibility index (Phi) is 8.44. The zero-order chi connectivity index (χ0) is 20.3. The van der Waals surface area contributed by atoms with Crippen LogP contribution < -0.4 is 5.32 Å². The molecule has 0 saturated heterocycles. The third kappa shape index (κ3) is 6.26. The lowest BCUT2D eigenvalue weighted by atomic mass is 10.00. The summed E-state index contributed by atoms with van der Waals surface area (Å²) in [7, 11) is 0. The summed E-state index contributed by atoms with van der Waals surface area (Å²) in [4.78, 5) is 0. The van der Waals surface area contributed by atoms with Crippen molar-refractivity contribution in [3.63, 3.8) is 0 Å². The minimum absolute atomic E-state index is 0.157. The van der Waals surface area contributed by atoms with Crippen molar-refractivity contribution in [2.45, 2.75) is 38.0 Å². The molecule has 3 heteroatoms. The quantitative estimate of drug-likeness (QED) is 0.438. The maximum absolute atomic E-state index is 11.0. The van der Waals surface area contributed by atoms with Gasteiger partial charge in [0, 0.05) is 0 Å². The lowest BCUT2D eigenvalue weighted by molar-refractivity contribution is -0.0103. The predicted octanol–water partition coefficient (Wildman–Crippen LogP) is 5.28. The minimum Gasteiger partial charge on any atom is -0.389 e. The highest BCUT2D eigenvalue weighted by Gasteiger charge is 2.23. The van der Waals surface area contributed by atoms with Gasteiger partial charge in [-0.05, 0) is 29.7 Å². The van der Waals surface area contributed by atoms with Crippen molar-refractivity contribution in [2.75, 3.05) is 13.2 Å². The fourth-order valence-corrected chi connectivity index (χ4v) is 3.50. The number of hydrogen-bond donors (Lipinski definition) is 2. The van der Waals surface area contributed by atoms with E-state index in [1.54, 1.807) is 0 Å². The molecule has 0 spiro atoms. The molecular weight excluding hydrogens is 358 g/mol. The Morgan fingerprint density at radius 1 is 0.759 bits per heavy atom. The number of hydrogen-bond acceptors (Lipinski definition) is 3. The van der Waals surface area contributed by atoms with E-state index in [1.165, 1.54) is 0 Å². The molecular formula is C26H31NO2. The van der Waals surface area contributed by atoms with Gasteiger partial charge in [0.25, 0.3) is 0 Å². The van der Waals surface area contributed by atoms with Gasteiger partial charge in [-0.1, -0.05) is 104 Å². The molecule has 2 atom stereocenters. The first-order valence-corrected chi connectivity index (χ1v) is 10.5. The summed E-state index contributed by atoms with van der Waals surface area (Å²) in [5, 5.41) is 14.5. The second-order valence-corrected chi connectivity index (χ2v) is 7.30. The van der Waals surface area contributed by atoms with E-state index in [0.717, 1.165) is 36.1 Å². The van der Waals surface area contributed by atoms with Crippen molar-refractivity contribution in [3.8, 4) is 0 Å². The van der Waals surface area contributed by atoms with E-state index in [-0.39, 0.29) is 18.8 Å². The van der Waals surface area contributed by atoms with Crippen molar-refractivity contribution in [1.82, 2.24) is 5.32 Å². The Hall–Kier alpha value is -2.46. The summed E-state index contributed by atoms with van der Waals surface area (Å²) in [6.07, 6.45) is 1.34. The zero-order valence-corrected chi connectivity index (χ0v) is 17.1. The Morgan fingerprint density at radius 2 is 1.24 bits per heavy atom. The SMILES string of the molecule is CCCCN[C@H](c1ccccc1)[C@@H](O)COC(c1ccccc1)c1ccccc1. The molecule has 0 radical (unpaired) electrons. The molecule has 0 bridgehead atoms. The van der Waals surface area contributed by atoms with Crippen molar-refractivity contribution in [1.29, 1.82) is 0 Å². The van der Waals surface area contributed by atoms with Crippen LogP contribution in [0.5, 0.6) is 0 Å². The molecule has 3 aromatic rings. The lowest BCUT2D eigenvalue weighted by Crippen LogP contribution is -2.36. The maximum atomic E-state index is 11.0. The smallest absolute Gasteiger partial charge is 0.108 e. The molecule has 0 saturated carbocycles. The number of rotatable bonds is 11. The van der Waals surface area contributed by atoms with Gasteiger partial charge in [-0.2, -0.15) is 0 Å². The van der Waals surface area contributed by atoms with E-state index in [1.807, 2.05) is 54.6 Å². The highest BCUT2D eigenvalue weighted by atomic mass is 16.5. The Labute approximate surface area is 174 Å². The van der Waals surface area contributed by atoms with Gasteiger partial charge in [-0.3, -0.25) is 0 Å². The van der Waals surface area contributed by atoms with Gasteiger partial charge in [-0.25, -0.2) is 0 Å². The van der Waals surface area contributed by atoms with Gasteiger partial charge in [0.05, 0.1) is 18.8 Å². The number of aliphatic hydroxyl groups is 1. The van der Waals surface area contributed by atoms with Crippen molar-refractivity contribution in [3.05, 3.63) is 108 Å². The van der Waals surface area contributed by atoms with Crippen LogP contribution >= 0.6 is 0 Å². The molecule has 3 nitrogen and oxygen atoms in total. The molecule has 3 rings (SSSR count). The zero-order valence-electron chi connectivity index (χ0n) is 17.1. The van der Waals surface area contributed by atoms with Crippen LogP contribution in [0.2, 0.25) is 0 Å². The summed E-state index contributed by atoms with van der Waals surface area (Å²) < 4.78 is 6.29. The lowest BCUT2D eigenvalue weighted by Gasteiger charge is -2.27. The first kappa shape index (κ1) is 21.3. The van der Waals surface area contributed by atoms with Gasteiger partial charge in [0.2, 0.25) is 0 Å². The monoisotopic (exact) mass is 389 g/mol. The molecule has 152 valence electrons. The van der Waals surface area contributed by atoms with Crippen molar-refractivity contribution in [2.24, 2.45) is 0 Å². The van der Waals surface area contributed by atoms with Crippen LogP contribution in [0.25, 0.3) is 0 Å². The molecule has 0 aliphatic carbocycles. The standard InChI is InChI=1S/C26H31NO2/c1-2-3-19-27-25(21-13-7-4-8-14-21)24(28)20-29-26(22-15-9-5-10-16-22)23-17-11-6-12-18-23/h4-18,24-28H,2-3,19-20H2,1H3/t24-,25+/m0/s1. The molecule has 3 aromatic carbocycles. The van der Waals surface area contributed by atoms with Crippen LogP contribution in [0.1, 0.15) is 48.6 Å². The van der Waals surface area contributed by atoms with Gasteiger partial charge in [0.15, 0.2) is 0 Å². The van der Waals surface area contributed by atoms with Gasteiger partial charge < -0.3 is 15.2 Å². The number of ether oxygens (including phenoxy) is 1. The van der Waals surface area contributed by atoms with Gasteiger partial charge >= 0.3 is 0 Å². The van der Waals surface area contributed by atoms with Gasteiger partial charge in [0.1, 0.15) is 6.10 Å². The van der Waals surface area contributed by atoms with Crippen LogP contribution in [0.15, 0.2) is 91.0 Å². The second-order valence-electron chi connectivity index (χ2n) is 7.30. The van der Waals surface area contributed by atoms with Crippen LogP contribution in [-0.2, 0) is 4.74 Å². The topological polar surface area (TPSA) is 41.5 Å². The van der Waals surface area contributed by atoms with Crippen LogP contribution in [-0.4, -0.2) is 24.4 Å². The molecule has 29 heavy (non-hydrogen) atoms. The third-order valence-electron chi connectivity index (χ3n) is 5.08. The van der Waals surface area contributed by atoms with E-state index in [2.05, 4.69) is 48.6 Å². The Balaban J connectivity index is 1.74. The number of unbranched alkanes of at least 4 members (excludes halogenated alkanes) is 1. The summed E-state index contributed by atoms with van der Waals surface area (Å²) in [6.45, 7) is 3.28. The molecule has 0 aliphatic rings. The minimum atomic E-state index is -0.649. The molecule has 0 aliphatic heterocycles. The number of aliphatic hydroxyl groups excluding tert-OH is 1. The average molecular weight is 390 g/mol. The van der Waals surface area contributed by atoms with Crippen LogP contribution in [0.3, 0.4) is 0 Å². The number of benzene rings is 3. The van der Waals surface area contributed by atoms with E-state index in [4.69, 9.17) is 4.74 Å². The molecule has 0 unspecified atom stereocenters. The van der Waals surface area contributed by atoms with E-state index in [0.29, 0.717) is 0 Å². The van der Waals surface area contributed by atoms with Crippen LogP contribution in [0, 0.1) is 0 Å². The molecule has 0 heterocycles. The molecule has 0 aromatic heterocycles. The first-order chi connectivity index (χ1) is 14.3. The number of nitrogens with one attached hydrogen (secondary N) is 1. The van der Waals surface area contributed by atoms with Crippen LogP contribution in [0.4, 0.5) is 0 Å². The Bertz CT molecular complexity index is 768. The maximum Gasteiger partial charge on any atom is 0.108 e. The van der Waals surface area contributed by atoms with E-state index in [9.17, 15) is 5.11 Å². The molecule has 2 N–H and O–H groups in total. The predicted molar refractivity (Wildman–Crippen MR) is 119 cm³/mol.